The van der Waals surface area contributed by atoms with Gasteiger partial charge in [0.05, 0.1) is 13.7 Å². The van der Waals surface area contributed by atoms with Gasteiger partial charge in [-0.3, -0.25) is 9.69 Å². The maximum atomic E-state index is 13.4. The molecule has 0 atom stereocenters. The highest BCUT2D eigenvalue weighted by molar-refractivity contribution is 5.78. The zero-order chi connectivity index (χ0) is 21.5. The van der Waals surface area contributed by atoms with Crippen LogP contribution in [0.5, 0.6) is 5.75 Å². The first-order valence-corrected chi connectivity index (χ1v) is 10.9. The van der Waals surface area contributed by atoms with E-state index in [1.165, 1.54) is 11.1 Å². The van der Waals surface area contributed by atoms with Crippen molar-refractivity contribution in [3.8, 4) is 5.75 Å². The Morgan fingerprint density at radius 3 is 2.16 bits per heavy atom. The molecule has 4 nitrogen and oxygen atoms in total. The predicted molar refractivity (Wildman–Crippen MR) is 124 cm³/mol. The summed E-state index contributed by atoms with van der Waals surface area (Å²) in [6, 6.07) is 26.8. The number of rotatable bonds is 7. The van der Waals surface area contributed by atoms with Gasteiger partial charge in [-0.15, -0.1) is 0 Å². The molecule has 0 spiro atoms. The minimum absolute atomic E-state index is 0.171. The number of aryl methyl sites for hydroxylation is 1. The summed E-state index contributed by atoms with van der Waals surface area (Å²) in [5.41, 5.74) is 4.93. The van der Waals surface area contributed by atoms with Crippen molar-refractivity contribution in [2.75, 3.05) is 20.2 Å². The molecule has 0 radical (unpaired) electrons. The van der Waals surface area contributed by atoms with Crippen LogP contribution >= 0.6 is 0 Å². The molecular formula is C27H30N2O2. The molecule has 0 aromatic heterocycles. The molecule has 0 saturated heterocycles. The van der Waals surface area contributed by atoms with Crippen LogP contribution in [0, 0.1) is 0 Å². The second kappa shape index (κ2) is 10.3. The fourth-order valence-electron chi connectivity index (χ4n) is 4.20. The molecule has 0 fully saturated rings. The first-order chi connectivity index (χ1) is 15.2. The van der Waals surface area contributed by atoms with Crippen molar-refractivity contribution in [3.63, 3.8) is 0 Å². The van der Waals surface area contributed by atoms with E-state index in [0.717, 1.165) is 42.8 Å². The number of carbonyl (C=O) groups excluding carboxylic acids is 1. The number of hydrogen-bond donors (Lipinski definition) is 0. The van der Waals surface area contributed by atoms with Gasteiger partial charge in [-0.2, -0.15) is 0 Å². The third-order valence-electron chi connectivity index (χ3n) is 5.87. The molecule has 0 saturated carbocycles. The monoisotopic (exact) mass is 414 g/mol. The molecule has 1 heterocycles. The van der Waals surface area contributed by atoms with Crippen molar-refractivity contribution in [1.29, 1.82) is 0 Å². The number of fused-ring (bicyclic) bond motifs is 1. The van der Waals surface area contributed by atoms with Gasteiger partial charge in [0.15, 0.2) is 0 Å². The SMILES string of the molecule is COc1ccc2c(c1)CCCN(CC(=O)N(Cc1ccccc1)Cc1ccccc1)C2. The lowest BCUT2D eigenvalue weighted by atomic mass is 10.0. The lowest BCUT2D eigenvalue weighted by Gasteiger charge is -2.27. The van der Waals surface area contributed by atoms with Crippen LogP contribution in [-0.4, -0.2) is 35.9 Å². The standard InChI is InChI=1S/C27H30N2O2/c1-31-26-15-14-25-20-28(16-8-13-24(25)17-26)21-27(30)29(18-22-9-4-2-5-10-22)19-23-11-6-3-7-12-23/h2-7,9-12,14-15,17H,8,13,16,18-21H2,1H3. The summed E-state index contributed by atoms with van der Waals surface area (Å²) in [7, 11) is 1.71. The van der Waals surface area contributed by atoms with Crippen LogP contribution in [0.4, 0.5) is 0 Å². The average molecular weight is 415 g/mol. The lowest BCUT2D eigenvalue weighted by molar-refractivity contribution is -0.133. The van der Waals surface area contributed by atoms with Crippen molar-refractivity contribution >= 4 is 5.91 Å². The van der Waals surface area contributed by atoms with Gasteiger partial charge >= 0.3 is 0 Å². The van der Waals surface area contributed by atoms with E-state index in [1.54, 1.807) is 7.11 Å². The molecule has 4 rings (SSSR count). The number of carbonyl (C=O) groups is 1. The van der Waals surface area contributed by atoms with Gasteiger partial charge in [0.25, 0.3) is 0 Å². The minimum atomic E-state index is 0.171. The quantitative estimate of drug-likeness (QED) is 0.563. The smallest absolute Gasteiger partial charge is 0.237 e. The van der Waals surface area contributed by atoms with Crippen LogP contribution < -0.4 is 4.74 Å². The first kappa shape index (κ1) is 21.1. The van der Waals surface area contributed by atoms with E-state index in [1.807, 2.05) is 47.4 Å². The zero-order valence-corrected chi connectivity index (χ0v) is 18.2. The summed E-state index contributed by atoms with van der Waals surface area (Å²) in [6.45, 7) is 3.40. The zero-order valence-electron chi connectivity index (χ0n) is 18.2. The van der Waals surface area contributed by atoms with E-state index in [9.17, 15) is 4.79 Å². The highest BCUT2D eigenvalue weighted by Crippen LogP contribution is 2.23. The van der Waals surface area contributed by atoms with Gasteiger partial charge in [-0.1, -0.05) is 66.7 Å². The molecule has 4 heteroatoms. The largest absolute Gasteiger partial charge is 0.497 e. The third kappa shape index (κ3) is 5.74. The average Bonchev–Trinajstić information content (AvgIpc) is 3.01. The molecule has 31 heavy (non-hydrogen) atoms. The van der Waals surface area contributed by atoms with E-state index in [2.05, 4.69) is 41.3 Å². The van der Waals surface area contributed by atoms with Crippen LogP contribution in [0.3, 0.4) is 0 Å². The number of nitrogens with zero attached hydrogens (tertiary/aromatic N) is 2. The van der Waals surface area contributed by atoms with Crippen LogP contribution in [0.2, 0.25) is 0 Å². The van der Waals surface area contributed by atoms with Crippen LogP contribution in [0.15, 0.2) is 78.9 Å². The second-order valence-electron chi connectivity index (χ2n) is 8.17. The fraction of sp³-hybridized carbons (Fsp3) is 0.296. The van der Waals surface area contributed by atoms with Crippen LogP contribution in [-0.2, 0) is 30.8 Å². The maximum absolute atomic E-state index is 13.4. The Labute approximate surface area is 185 Å². The minimum Gasteiger partial charge on any atom is -0.497 e. The van der Waals surface area contributed by atoms with E-state index >= 15 is 0 Å². The van der Waals surface area contributed by atoms with E-state index in [-0.39, 0.29) is 5.91 Å². The molecule has 3 aromatic carbocycles. The van der Waals surface area contributed by atoms with Crippen molar-refractivity contribution in [3.05, 3.63) is 101 Å². The normalized spacial score (nSPS) is 13.8. The Morgan fingerprint density at radius 1 is 0.903 bits per heavy atom. The maximum Gasteiger partial charge on any atom is 0.237 e. The van der Waals surface area contributed by atoms with E-state index in [4.69, 9.17) is 4.74 Å². The number of benzene rings is 3. The molecule has 0 unspecified atom stereocenters. The molecule has 0 bridgehead atoms. The molecule has 0 N–H and O–H groups in total. The second-order valence-corrected chi connectivity index (χ2v) is 8.17. The number of amides is 1. The summed E-state index contributed by atoms with van der Waals surface area (Å²) >= 11 is 0. The molecule has 1 amide bonds. The van der Waals surface area contributed by atoms with Gasteiger partial charge in [0, 0.05) is 19.6 Å². The summed E-state index contributed by atoms with van der Waals surface area (Å²) in [5, 5.41) is 0. The molecular weight excluding hydrogens is 384 g/mol. The molecule has 3 aromatic rings. The van der Waals surface area contributed by atoms with Crippen molar-refractivity contribution < 1.29 is 9.53 Å². The Kier molecular flexibility index (Phi) is 7.00. The molecule has 1 aliphatic rings. The van der Waals surface area contributed by atoms with Gasteiger partial charge in [0.2, 0.25) is 5.91 Å². The van der Waals surface area contributed by atoms with Crippen LogP contribution in [0.25, 0.3) is 0 Å². The Balaban J connectivity index is 1.48. The van der Waals surface area contributed by atoms with Gasteiger partial charge in [0.1, 0.15) is 5.75 Å². The highest BCUT2D eigenvalue weighted by atomic mass is 16.5. The first-order valence-electron chi connectivity index (χ1n) is 10.9. The summed E-state index contributed by atoms with van der Waals surface area (Å²) < 4.78 is 5.38. The Hall–Kier alpha value is -3.11. The summed E-state index contributed by atoms with van der Waals surface area (Å²) in [6.07, 6.45) is 2.07. The number of ether oxygens (including phenoxy) is 1. The summed E-state index contributed by atoms with van der Waals surface area (Å²) in [5.74, 6) is 1.07. The molecule has 0 aliphatic carbocycles. The third-order valence-corrected chi connectivity index (χ3v) is 5.87. The van der Waals surface area contributed by atoms with Gasteiger partial charge < -0.3 is 9.64 Å². The van der Waals surface area contributed by atoms with E-state index < -0.39 is 0 Å². The Morgan fingerprint density at radius 2 is 1.55 bits per heavy atom. The fourth-order valence-corrected chi connectivity index (χ4v) is 4.20. The van der Waals surface area contributed by atoms with E-state index in [0.29, 0.717) is 19.6 Å². The topological polar surface area (TPSA) is 32.8 Å². The number of methoxy groups -OCH3 is 1. The summed E-state index contributed by atoms with van der Waals surface area (Å²) in [4.78, 5) is 17.7. The highest BCUT2D eigenvalue weighted by Gasteiger charge is 2.21. The number of hydrogen-bond acceptors (Lipinski definition) is 3. The van der Waals surface area contributed by atoms with Gasteiger partial charge in [-0.05, 0) is 53.8 Å². The Bertz CT molecular complexity index is 947. The van der Waals surface area contributed by atoms with Crippen molar-refractivity contribution in [2.45, 2.75) is 32.5 Å². The van der Waals surface area contributed by atoms with Crippen molar-refractivity contribution in [2.24, 2.45) is 0 Å². The molecule has 160 valence electrons. The lowest BCUT2D eigenvalue weighted by Crippen LogP contribution is -2.39. The van der Waals surface area contributed by atoms with Crippen molar-refractivity contribution in [1.82, 2.24) is 9.80 Å². The predicted octanol–water partition coefficient (Wildman–Crippen LogP) is 4.67. The van der Waals surface area contributed by atoms with Crippen LogP contribution in [0.1, 0.15) is 28.7 Å². The molecule has 1 aliphatic heterocycles. The van der Waals surface area contributed by atoms with Gasteiger partial charge in [-0.25, -0.2) is 0 Å².